The van der Waals surface area contributed by atoms with E-state index in [4.69, 9.17) is 0 Å². The Hall–Kier alpha value is -1.97. The fourth-order valence-electron chi connectivity index (χ4n) is 1.74. The highest BCUT2D eigenvalue weighted by Crippen LogP contribution is 2.23. The van der Waals surface area contributed by atoms with Crippen LogP contribution in [-0.4, -0.2) is 0 Å². The average Bonchev–Trinajstić information content (AvgIpc) is 2.33. The molecule has 0 radical (unpaired) electrons. The van der Waals surface area contributed by atoms with Crippen molar-refractivity contribution in [1.29, 1.82) is 0 Å². The van der Waals surface area contributed by atoms with E-state index in [2.05, 4.69) is 5.32 Å². The molecule has 0 spiro atoms. The van der Waals surface area contributed by atoms with Crippen molar-refractivity contribution in [3.8, 4) is 0 Å². The molecule has 18 heavy (non-hydrogen) atoms. The molecule has 1 unspecified atom stereocenters. The SMILES string of the molecule is CC(Nc1ccc(F)cc1F)c1ccccc1F. The van der Waals surface area contributed by atoms with Crippen molar-refractivity contribution < 1.29 is 13.2 Å². The second kappa shape index (κ2) is 5.12. The molecule has 1 N–H and O–H groups in total. The van der Waals surface area contributed by atoms with Gasteiger partial charge in [0, 0.05) is 11.6 Å². The molecule has 0 aromatic heterocycles. The number of nitrogens with one attached hydrogen (secondary N) is 1. The third kappa shape index (κ3) is 2.64. The zero-order chi connectivity index (χ0) is 13.1. The molecule has 0 amide bonds. The minimum absolute atomic E-state index is 0.146. The molecule has 0 fully saturated rings. The monoisotopic (exact) mass is 251 g/mol. The lowest BCUT2D eigenvalue weighted by atomic mass is 10.1. The highest BCUT2D eigenvalue weighted by molar-refractivity contribution is 5.46. The number of anilines is 1. The fraction of sp³-hybridized carbons (Fsp3) is 0.143. The summed E-state index contributed by atoms with van der Waals surface area (Å²) in [4.78, 5) is 0. The van der Waals surface area contributed by atoms with E-state index < -0.39 is 17.7 Å². The van der Waals surface area contributed by atoms with Crippen LogP contribution in [0.1, 0.15) is 18.5 Å². The van der Waals surface area contributed by atoms with Gasteiger partial charge in [0.2, 0.25) is 0 Å². The van der Waals surface area contributed by atoms with Gasteiger partial charge < -0.3 is 5.32 Å². The van der Waals surface area contributed by atoms with Crippen LogP contribution in [-0.2, 0) is 0 Å². The average molecular weight is 251 g/mol. The predicted octanol–water partition coefficient (Wildman–Crippen LogP) is 4.28. The first-order chi connectivity index (χ1) is 8.58. The summed E-state index contributed by atoms with van der Waals surface area (Å²) < 4.78 is 39.7. The van der Waals surface area contributed by atoms with Crippen molar-refractivity contribution in [2.45, 2.75) is 13.0 Å². The molecule has 0 aliphatic rings. The van der Waals surface area contributed by atoms with Gasteiger partial charge in [0.25, 0.3) is 0 Å². The van der Waals surface area contributed by atoms with Gasteiger partial charge in [0.05, 0.1) is 11.7 Å². The third-order valence-corrected chi connectivity index (χ3v) is 2.67. The predicted molar refractivity (Wildman–Crippen MR) is 64.8 cm³/mol. The molecule has 0 heterocycles. The molecule has 0 saturated carbocycles. The Morgan fingerprint density at radius 2 is 1.67 bits per heavy atom. The molecule has 1 atom stereocenters. The summed E-state index contributed by atoms with van der Waals surface area (Å²) in [5, 5.41) is 2.81. The molecule has 0 bridgehead atoms. The van der Waals surface area contributed by atoms with E-state index in [0.717, 1.165) is 12.1 Å². The summed E-state index contributed by atoms with van der Waals surface area (Å²) in [5.41, 5.74) is 0.577. The van der Waals surface area contributed by atoms with Crippen LogP contribution in [0.2, 0.25) is 0 Å². The number of benzene rings is 2. The molecule has 94 valence electrons. The lowest BCUT2D eigenvalue weighted by molar-refractivity contribution is 0.580. The molecular weight excluding hydrogens is 239 g/mol. The third-order valence-electron chi connectivity index (χ3n) is 2.67. The number of rotatable bonds is 3. The molecule has 2 rings (SSSR count). The lowest BCUT2D eigenvalue weighted by Crippen LogP contribution is -2.09. The highest BCUT2D eigenvalue weighted by Gasteiger charge is 2.12. The maximum Gasteiger partial charge on any atom is 0.149 e. The topological polar surface area (TPSA) is 12.0 Å². The standard InChI is InChI=1S/C14H12F3N/c1-9(11-4-2-3-5-12(11)16)18-14-7-6-10(15)8-13(14)17/h2-9,18H,1H3. The largest absolute Gasteiger partial charge is 0.376 e. The quantitative estimate of drug-likeness (QED) is 0.858. The first kappa shape index (κ1) is 12.5. The van der Waals surface area contributed by atoms with Gasteiger partial charge in [-0.3, -0.25) is 0 Å². The zero-order valence-corrected chi connectivity index (χ0v) is 9.75. The Bertz CT molecular complexity index is 554. The van der Waals surface area contributed by atoms with E-state index >= 15 is 0 Å². The minimum Gasteiger partial charge on any atom is -0.376 e. The van der Waals surface area contributed by atoms with Gasteiger partial charge in [-0.25, -0.2) is 13.2 Å². The van der Waals surface area contributed by atoms with Crippen LogP contribution in [0.5, 0.6) is 0 Å². The molecular formula is C14H12F3N. The summed E-state index contributed by atoms with van der Waals surface area (Å²) in [5.74, 6) is -1.70. The Labute approximate surface area is 103 Å². The van der Waals surface area contributed by atoms with E-state index in [1.807, 2.05) is 0 Å². The Morgan fingerprint density at radius 3 is 2.33 bits per heavy atom. The molecule has 2 aromatic carbocycles. The van der Waals surface area contributed by atoms with Gasteiger partial charge in [-0.15, -0.1) is 0 Å². The Kier molecular flexibility index (Phi) is 3.55. The van der Waals surface area contributed by atoms with E-state index in [1.165, 1.54) is 12.1 Å². The van der Waals surface area contributed by atoms with Gasteiger partial charge in [0.1, 0.15) is 17.5 Å². The first-order valence-electron chi connectivity index (χ1n) is 5.54. The van der Waals surface area contributed by atoms with Crippen molar-refractivity contribution in [3.63, 3.8) is 0 Å². The number of hydrogen-bond acceptors (Lipinski definition) is 1. The van der Waals surface area contributed by atoms with Crippen LogP contribution in [0.15, 0.2) is 42.5 Å². The first-order valence-corrected chi connectivity index (χ1v) is 5.54. The van der Waals surface area contributed by atoms with Crippen LogP contribution >= 0.6 is 0 Å². The summed E-state index contributed by atoms with van der Waals surface area (Å²) in [6.07, 6.45) is 0. The van der Waals surface area contributed by atoms with Crippen molar-refractivity contribution in [1.82, 2.24) is 0 Å². The van der Waals surface area contributed by atoms with Gasteiger partial charge in [-0.1, -0.05) is 18.2 Å². The second-order valence-corrected chi connectivity index (χ2v) is 4.01. The molecule has 0 aliphatic heterocycles. The molecule has 4 heteroatoms. The van der Waals surface area contributed by atoms with Gasteiger partial charge in [0.15, 0.2) is 0 Å². The summed E-state index contributed by atoms with van der Waals surface area (Å²) in [6.45, 7) is 1.71. The van der Waals surface area contributed by atoms with Crippen LogP contribution in [0.25, 0.3) is 0 Å². The zero-order valence-electron chi connectivity index (χ0n) is 9.75. The minimum atomic E-state index is -0.696. The normalized spacial score (nSPS) is 12.2. The molecule has 1 nitrogen and oxygen atoms in total. The lowest BCUT2D eigenvalue weighted by Gasteiger charge is -2.16. The van der Waals surface area contributed by atoms with Gasteiger partial charge in [-0.2, -0.15) is 0 Å². The maximum atomic E-state index is 13.5. The van der Waals surface area contributed by atoms with E-state index in [-0.39, 0.29) is 11.5 Å². The van der Waals surface area contributed by atoms with Crippen molar-refractivity contribution in [2.75, 3.05) is 5.32 Å². The smallest absolute Gasteiger partial charge is 0.149 e. The highest BCUT2D eigenvalue weighted by atomic mass is 19.1. The van der Waals surface area contributed by atoms with E-state index in [0.29, 0.717) is 5.56 Å². The Balaban J connectivity index is 2.21. The summed E-state index contributed by atoms with van der Waals surface area (Å²) in [7, 11) is 0. The van der Waals surface area contributed by atoms with Crippen LogP contribution in [0.4, 0.5) is 18.9 Å². The van der Waals surface area contributed by atoms with Crippen LogP contribution in [0, 0.1) is 17.5 Å². The van der Waals surface area contributed by atoms with E-state index in [9.17, 15) is 13.2 Å². The number of hydrogen-bond donors (Lipinski definition) is 1. The maximum absolute atomic E-state index is 13.5. The summed E-state index contributed by atoms with van der Waals surface area (Å²) >= 11 is 0. The fourth-order valence-corrected chi connectivity index (χ4v) is 1.74. The molecule has 2 aromatic rings. The second-order valence-electron chi connectivity index (χ2n) is 4.01. The summed E-state index contributed by atoms with van der Waals surface area (Å²) in [6, 6.07) is 9.08. The van der Waals surface area contributed by atoms with Gasteiger partial charge in [-0.05, 0) is 25.1 Å². The van der Waals surface area contributed by atoms with Crippen molar-refractivity contribution in [3.05, 3.63) is 65.5 Å². The van der Waals surface area contributed by atoms with Gasteiger partial charge >= 0.3 is 0 Å². The van der Waals surface area contributed by atoms with Crippen LogP contribution in [0.3, 0.4) is 0 Å². The number of halogens is 3. The van der Waals surface area contributed by atoms with Crippen molar-refractivity contribution in [2.24, 2.45) is 0 Å². The molecule has 0 saturated heterocycles. The molecule has 0 aliphatic carbocycles. The van der Waals surface area contributed by atoms with Crippen LogP contribution < -0.4 is 5.32 Å². The Morgan fingerprint density at radius 1 is 0.944 bits per heavy atom. The van der Waals surface area contributed by atoms with Crippen molar-refractivity contribution >= 4 is 5.69 Å². The van der Waals surface area contributed by atoms with E-state index in [1.54, 1.807) is 25.1 Å².